The van der Waals surface area contributed by atoms with E-state index in [2.05, 4.69) is 11.1 Å². The maximum Gasteiger partial charge on any atom is 0.231 e. The van der Waals surface area contributed by atoms with Crippen molar-refractivity contribution in [1.82, 2.24) is 19.7 Å². The quantitative estimate of drug-likeness (QED) is 0.535. The summed E-state index contributed by atoms with van der Waals surface area (Å²) in [5, 5.41) is 13.8. The molecule has 2 aromatic heterocycles. The molecule has 0 amide bonds. The highest BCUT2D eigenvalue weighted by atomic mass is 16.7. The Kier molecular flexibility index (Phi) is 3.96. The van der Waals surface area contributed by atoms with E-state index in [1.54, 1.807) is 16.8 Å². The van der Waals surface area contributed by atoms with Gasteiger partial charge < -0.3 is 9.47 Å². The van der Waals surface area contributed by atoms with Crippen LogP contribution in [0.3, 0.4) is 0 Å². The summed E-state index contributed by atoms with van der Waals surface area (Å²) < 4.78 is 12.7. The summed E-state index contributed by atoms with van der Waals surface area (Å²) >= 11 is 0. The summed E-state index contributed by atoms with van der Waals surface area (Å²) in [5.41, 5.74) is 3.81. The highest BCUT2D eigenvalue weighted by Crippen LogP contribution is 2.35. The van der Waals surface area contributed by atoms with E-state index in [0.717, 1.165) is 22.6 Å². The van der Waals surface area contributed by atoms with Gasteiger partial charge in [0.15, 0.2) is 23.1 Å². The van der Waals surface area contributed by atoms with Gasteiger partial charge in [-0.3, -0.25) is 0 Å². The van der Waals surface area contributed by atoms with Gasteiger partial charge in [-0.2, -0.15) is 5.26 Å². The standard InChI is InChI=1S/C22H15N5O2/c1-14-3-2-4-18(24-14)22-25-21(16-7-5-15(12-23)6-8-16)26-27(22)17-9-10-19-20(11-17)29-13-28-19/h2-11H,13H2,1H3. The molecular weight excluding hydrogens is 366 g/mol. The third-order valence-corrected chi connectivity index (χ3v) is 4.60. The zero-order valence-electron chi connectivity index (χ0n) is 15.5. The Labute approximate surface area is 166 Å². The fraction of sp³-hybridized carbons (Fsp3) is 0.0909. The summed E-state index contributed by atoms with van der Waals surface area (Å²) in [6, 6.07) is 20.7. The first kappa shape index (κ1) is 17.0. The molecule has 0 aliphatic carbocycles. The van der Waals surface area contributed by atoms with Crippen LogP contribution < -0.4 is 9.47 Å². The number of benzene rings is 2. The van der Waals surface area contributed by atoms with Gasteiger partial charge in [-0.25, -0.2) is 14.6 Å². The lowest BCUT2D eigenvalue weighted by Crippen LogP contribution is -2.01. The second-order valence-corrected chi connectivity index (χ2v) is 6.56. The summed E-state index contributed by atoms with van der Waals surface area (Å²) in [4.78, 5) is 9.37. The van der Waals surface area contributed by atoms with Crippen molar-refractivity contribution in [3.05, 3.63) is 71.9 Å². The molecule has 0 bridgehead atoms. The lowest BCUT2D eigenvalue weighted by Gasteiger charge is -2.07. The topological polar surface area (TPSA) is 85.9 Å². The molecule has 1 aliphatic rings. The summed E-state index contributed by atoms with van der Waals surface area (Å²) in [6.45, 7) is 2.14. The van der Waals surface area contributed by atoms with E-state index in [0.29, 0.717) is 28.7 Å². The van der Waals surface area contributed by atoms with Crippen molar-refractivity contribution in [3.63, 3.8) is 0 Å². The van der Waals surface area contributed by atoms with Crippen molar-refractivity contribution in [2.75, 3.05) is 6.79 Å². The monoisotopic (exact) mass is 381 g/mol. The molecule has 7 heteroatoms. The Morgan fingerprint density at radius 1 is 0.966 bits per heavy atom. The molecule has 0 N–H and O–H groups in total. The number of pyridine rings is 1. The molecule has 3 heterocycles. The molecule has 4 aromatic rings. The molecule has 1 aliphatic heterocycles. The first-order valence-electron chi connectivity index (χ1n) is 9.03. The maximum absolute atomic E-state index is 9.03. The van der Waals surface area contributed by atoms with Crippen molar-refractivity contribution in [1.29, 1.82) is 5.26 Å². The third-order valence-electron chi connectivity index (χ3n) is 4.60. The Balaban J connectivity index is 1.67. The van der Waals surface area contributed by atoms with Crippen molar-refractivity contribution in [3.8, 4) is 46.2 Å². The van der Waals surface area contributed by atoms with E-state index < -0.39 is 0 Å². The van der Waals surface area contributed by atoms with E-state index in [4.69, 9.17) is 24.8 Å². The predicted octanol–water partition coefficient (Wildman–Crippen LogP) is 3.91. The number of hydrogen-bond donors (Lipinski definition) is 0. The van der Waals surface area contributed by atoms with Crippen LogP contribution in [0.4, 0.5) is 0 Å². The summed E-state index contributed by atoms with van der Waals surface area (Å²) in [6.07, 6.45) is 0. The molecule has 7 nitrogen and oxygen atoms in total. The molecule has 0 saturated heterocycles. The minimum Gasteiger partial charge on any atom is -0.454 e. The minimum atomic E-state index is 0.207. The van der Waals surface area contributed by atoms with Gasteiger partial charge in [0.1, 0.15) is 5.69 Å². The SMILES string of the molecule is Cc1cccc(-c2nc(-c3ccc(C#N)cc3)nn2-c2ccc3c(c2)OCO3)n1. The number of nitriles is 1. The van der Waals surface area contributed by atoms with E-state index in [9.17, 15) is 0 Å². The second kappa shape index (κ2) is 6.77. The normalized spacial score (nSPS) is 12.0. The Morgan fingerprint density at radius 2 is 1.79 bits per heavy atom. The molecular formula is C22H15N5O2. The highest BCUT2D eigenvalue weighted by molar-refractivity contribution is 5.63. The van der Waals surface area contributed by atoms with Crippen LogP contribution in [0.15, 0.2) is 60.7 Å². The lowest BCUT2D eigenvalue weighted by atomic mass is 10.1. The van der Waals surface area contributed by atoms with Gasteiger partial charge in [0.05, 0.1) is 17.3 Å². The van der Waals surface area contributed by atoms with Gasteiger partial charge in [-0.1, -0.05) is 6.07 Å². The Bertz CT molecular complexity index is 1260. The molecule has 0 spiro atoms. The van der Waals surface area contributed by atoms with Crippen molar-refractivity contribution in [2.45, 2.75) is 6.92 Å². The Morgan fingerprint density at radius 3 is 2.59 bits per heavy atom. The zero-order chi connectivity index (χ0) is 19.8. The second-order valence-electron chi connectivity index (χ2n) is 6.56. The predicted molar refractivity (Wildman–Crippen MR) is 106 cm³/mol. The van der Waals surface area contributed by atoms with E-state index in [1.165, 1.54) is 0 Å². The van der Waals surface area contributed by atoms with Crippen molar-refractivity contribution >= 4 is 0 Å². The van der Waals surface area contributed by atoms with Gasteiger partial charge in [0, 0.05) is 17.3 Å². The van der Waals surface area contributed by atoms with Gasteiger partial charge in [-0.05, 0) is 55.5 Å². The lowest BCUT2D eigenvalue weighted by molar-refractivity contribution is 0.174. The molecule has 0 unspecified atom stereocenters. The van der Waals surface area contributed by atoms with Crippen molar-refractivity contribution in [2.24, 2.45) is 0 Å². The van der Waals surface area contributed by atoms with E-state index >= 15 is 0 Å². The summed E-state index contributed by atoms with van der Waals surface area (Å²) in [5.74, 6) is 2.54. The molecule has 140 valence electrons. The fourth-order valence-electron chi connectivity index (χ4n) is 3.16. The van der Waals surface area contributed by atoms with Gasteiger partial charge >= 0.3 is 0 Å². The first-order chi connectivity index (χ1) is 14.2. The number of fused-ring (bicyclic) bond motifs is 1. The molecule has 5 rings (SSSR count). The number of aromatic nitrogens is 4. The van der Waals surface area contributed by atoms with Gasteiger partial charge in [-0.15, -0.1) is 5.10 Å². The fourth-order valence-corrected chi connectivity index (χ4v) is 3.16. The largest absolute Gasteiger partial charge is 0.454 e. The van der Waals surface area contributed by atoms with Crippen LogP contribution in [-0.2, 0) is 0 Å². The van der Waals surface area contributed by atoms with Crippen LogP contribution in [0.1, 0.15) is 11.3 Å². The number of rotatable bonds is 3. The average Bonchev–Trinajstić information content (AvgIpc) is 3.40. The third kappa shape index (κ3) is 3.07. The number of aryl methyl sites for hydroxylation is 1. The van der Waals surface area contributed by atoms with Crippen molar-refractivity contribution < 1.29 is 9.47 Å². The van der Waals surface area contributed by atoms with Crippen LogP contribution in [0.25, 0.3) is 28.6 Å². The molecule has 2 aromatic carbocycles. The zero-order valence-corrected chi connectivity index (χ0v) is 15.5. The van der Waals surface area contributed by atoms with E-state index in [-0.39, 0.29) is 6.79 Å². The number of nitrogens with zero attached hydrogens (tertiary/aromatic N) is 5. The van der Waals surface area contributed by atoms with Crippen LogP contribution in [0.5, 0.6) is 11.5 Å². The van der Waals surface area contributed by atoms with Crippen LogP contribution in [0, 0.1) is 18.3 Å². The highest BCUT2D eigenvalue weighted by Gasteiger charge is 2.19. The van der Waals surface area contributed by atoms with Crippen LogP contribution >= 0.6 is 0 Å². The smallest absolute Gasteiger partial charge is 0.231 e. The Hall–Kier alpha value is -4.18. The minimum absolute atomic E-state index is 0.207. The van der Waals surface area contributed by atoms with Gasteiger partial charge in [0.2, 0.25) is 6.79 Å². The number of ether oxygens (including phenoxy) is 2. The molecule has 29 heavy (non-hydrogen) atoms. The maximum atomic E-state index is 9.03. The number of hydrogen-bond acceptors (Lipinski definition) is 6. The molecule has 0 radical (unpaired) electrons. The molecule has 0 atom stereocenters. The van der Waals surface area contributed by atoms with Crippen LogP contribution in [0.2, 0.25) is 0 Å². The molecule has 0 saturated carbocycles. The average molecular weight is 381 g/mol. The summed E-state index contributed by atoms with van der Waals surface area (Å²) in [7, 11) is 0. The molecule has 0 fully saturated rings. The van der Waals surface area contributed by atoms with Crippen LogP contribution in [-0.4, -0.2) is 26.5 Å². The van der Waals surface area contributed by atoms with Gasteiger partial charge in [0.25, 0.3) is 0 Å². The van der Waals surface area contributed by atoms with E-state index in [1.807, 2.05) is 55.5 Å². The first-order valence-corrected chi connectivity index (χ1v) is 9.03.